The molecule has 3 N–H and O–H groups in total. The van der Waals surface area contributed by atoms with Gasteiger partial charge < -0.3 is 11.1 Å². The maximum Gasteiger partial charge on any atom is 0.171 e. The van der Waals surface area contributed by atoms with Gasteiger partial charge in [-0.3, -0.25) is 4.79 Å². The molecule has 0 spiro atoms. The van der Waals surface area contributed by atoms with Gasteiger partial charge in [0.15, 0.2) is 5.78 Å². The van der Waals surface area contributed by atoms with Gasteiger partial charge in [0.1, 0.15) is 16.6 Å². The van der Waals surface area contributed by atoms with Gasteiger partial charge in [0.2, 0.25) is 0 Å². The molecule has 1 aromatic heterocycles. The number of ketones is 1. The van der Waals surface area contributed by atoms with Crippen LogP contribution in [0.3, 0.4) is 0 Å². The van der Waals surface area contributed by atoms with Gasteiger partial charge in [-0.1, -0.05) is 0 Å². The number of nitrogens with two attached hydrogens (primary N) is 1. The third kappa shape index (κ3) is 2.10. The molecule has 0 unspecified atom stereocenters. The standard InChI is InChI=1S/C14H17N3OS/c1-8(18)12-11(16)10(6-15)13(19-12)17-7-14(4-5-14)9-2-3-9/h9,17H,2-5,7,16H2,1H3. The predicted octanol–water partition coefficient (Wildman–Crippen LogP) is 3.01. The highest BCUT2D eigenvalue weighted by atomic mass is 32.1. The first-order valence-electron chi connectivity index (χ1n) is 6.64. The summed E-state index contributed by atoms with van der Waals surface area (Å²) in [6.07, 6.45) is 5.26. The van der Waals surface area contributed by atoms with Crippen molar-refractivity contribution in [3.8, 4) is 6.07 Å². The zero-order chi connectivity index (χ0) is 13.6. The van der Waals surface area contributed by atoms with Crippen molar-refractivity contribution in [2.45, 2.75) is 32.6 Å². The van der Waals surface area contributed by atoms with Gasteiger partial charge in [0, 0.05) is 13.5 Å². The fourth-order valence-electron chi connectivity index (χ4n) is 2.78. The number of hydrogen-bond acceptors (Lipinski definition) is 5. The molecule has 0 aliphatic heterocycles. The molecular weight excluding hydrogens is 258 g/mol. The van der Waals surface area contributed by atoms with Crippen LogP contribution in [0.5, 0.6) is 0 Å². The van der Waals surface area contributed by atoms with Crippen molar-refractivity contribution < 1.29 is 4.79 Å². The lowest BCUT2D eigenvalue weighted by molar-refractivity contribution is 0.102. The molecule has 0 radical (unpaired) electrons. The Morgan fingerprint density at radius 1 is 1.58 bits per heavy atom. The first-order valence-corrected chi connectivity index (χ1v) is 7.46. The van der Waals surface area contributed by atoms with Crippen LogP contribution in [0, 0.1) is 22.7 Å². The second kappa shape index (κ2) is 4.24. The number of nitrogens with zero attached hydrogens (tertiary/aromatic N) is 1. The lowest BCUT2D eigenvalue weighted by Gasteiger charge is -2.15. The van der Waals surface area contributed by atoms with Crippen molar-refractivity contribution in [3.05, 3.63) is 10.4 Å². The van der Waals surface area contributed by atoms with Crippen molar-refractivity contribution in [2.75, 3.05) is 17.6 Å². The monoisotopic (exact) mass is 275 g/mol. The smallest absolute Gasteiger partial charge is 0.171 e. The molecule has 0 saturated heterocycles. The van der Waals surface area contributed by atoms with Crippen LogP contribution in [0.1, 0.15) is 47.8 Å². The van der Waals surface area contributed by atoms with Crippen molar-refractivity contribution in [1.82, 2.24) is 0 Å². The molecule has 3 rings (SSSR count). The summed E-state index contributed by atoms with van der Waals surface area (Å²) in [5, 5.41) is 13.3. The number of carbonyl (C=O) groups is 1. The Balaban J connectivity index is 1.79. The quantitative estimate of drug-likeness (QED) is 0.810. The number of nitrogen functional groups attached to an aromatic ring is 1. The topological polar surface area (TPSA) is 78.9 Å². The van der Waals surface area contributed by atoms with Gasteiger partial charge in [-0.2, -0.15) is 5.26 Å². The van der Waals surface area contributed by atoms with Gasteiger partial charge in [0.05, 0.1) is 10.6 Å². The molecule has 2 aliphatic carbocycles. The van der Waals surface area contributed by atoms with Gasteiger partial charge in [-0.05, 0) is 37.0 Å². The van der Waals surface area contributed by atoms with Crippen LogP contribution in [0.2, 0.25) is 0 Å². The minimum atomic E-state index is -0.0737. The van der Waals surface area contributed by atoms with Crippen molar-refractivity contribution in [3.63, 3.8) is 0 Å². The Morgan fingerprint density at radius 3 is 2.74 bits per heavy atom. The molecule has 0 aromatic carbocycles. The van der Waals surface area contributed by atoms with E-state index in [0.29, 0.717) is 21.5 Å². The average molecular weight is 275 g/mol. The SMILES string of the molecule is CC(=O)c1sc(NCC2(C3CC3)CC2)c(C#N)c1N. The zero-order valence-electron chi connectivity index (χ0n) is 11.0. The lowest BCUT2D eigenvalue weighted by atomic mass is 10.0. The average Bonchev–Trinajstić information content (AvgIpc) is 3.24. The van der Waals surface area contributed by atoms with Crippen LogP contribution >= 0.6 is 11.3 Å². The molecule has 1 heterocycles. The fourth-order valence-corrected chi connectivity index (χ4v) is 3.74. The summed E-state index contributed by atoms with van der Waals surface area (Å²) in [5.41, 5.74) is 7.09. The number of nitrogens with one attached hydrogen (secondary N) is 1. The number of nitriles is 1. The van der Waals surface area contributed by atoms with Crippen molar-refractivity contribution >= 4 is 27.8 Å². The predicted molar refractivity (Wildman–Crippen MR) is 76.3 cm³/mol. The molecule has 0 bridgehead atoms. The lowest BCUT2D eigenvalue weighted by Crippen LogP contribution is -2.17. The van der Waals surface area contributed by atoms with E-state index in [9.17, 15) is 10.1 Å². The summed E-state index contributed by atoms with van der Waals surface area (Å²) in [6, 6.07) is 2.11. The second-order valence-corrected chi connectivity index (χ2v) is 6.73. The number of anilines is 2. The van der Waals surface area contributed by atoms with E-state index >= 15 is 0 Å². The molecular formula is C14H17N3OS. The number of hydrogen-bond donors (Lipinski definition) is 2. The Kier molecular flexibility index (Phi) is 2.79. The largest absolute Gasteiger partial charge is 0.396 e. The molecule has 0 amide bonds. The maximum absolute atomic E-state index is 11.5. The molecule has 100 valence electrons. The summed E-state index contributed by atoms with van der Waals surface area (Å²) >= 11 is 1.31. The van der Waals surface area contributed by atoms with E-state index in [2.05, 4.69) is 11.4 Å². The number of thiophene rings is 1. The highest BCUT2D eigenvalue weighted by Crippen LogP contribution is 2.61. The highest BCUT2D eigenvalue weighted by molar-refractivity contribution is 7.18. The van der Waals surface area contributed by atoms with E-state index in [0.717, 1.165) is 17.5 Å². The van der Waals surface area contributed by atoms with Gasteiger partial charge in [-0.15, -0.1) is 11.3 Å². The number of carbonyl (C=O) groups excluding carboxylic acids is 1. The normalized spacial score (nSPS) is 19.8. The minimum Gasteiger partial charge on any atom is -0.396 e. The van der Waals surface area contributed by atoms with Crippen LogP contribution in [0.25, 0.3) is 0 Å². The van der Waals surface area contributed by atoms with E-state index < -0.39 is 0 Å². The summed E-state index contributed by atoms with van der Waals surface area (Å²) in [7, 11) is 0. The maximum atomic E-state index is 11.5. The number of Topliss-reactive ketones (excluding diaryl/α,β-unsaturated/α-hetero) is 1. The molecule has 2 saturated carbocycles. The molecule has 5 heteroatoms. The summed E-state index contributed by atoms with van der Waals surface area (Å²) in [5.74, 6) is 0.797. The van der Waals surface area contributed by atoms with Crippen molar-refractivity contribution in [2.24, 2.45) is 11.3 Å². The first kappa shape index (κ1) is 12.5. The van der Waals surface area contributed by atoms with E-state index in [4.69, 9.17) is 5.73 Å². The van der Waals surface area contributed by atoms with E-state index in [1.165, 1.54) is 43.9 Å². The molecule has 4 nitrogen and oxygen atoms in total. The number of rotatable bonds is 5. The van der Waals surface area contributed by atoms with E-state index in [1.807, 2.05) is 0 Å². The van der Waals surface area contributed by atoms with E-state index in [1.54, 1.807) is 0 Å². The first-order chi connectivity index (χ1) is 9.07. The third-order valence-electron chi connectivity index (χ3n) is 4.31. The van der Waals surface area contributed by atoms with E-state index in [-0.39, 0.29) is 5.78 Å². The van der Waals surface area contributed by atoms with Crippen LogP contribution < -0.4 is 11.1 Å². The molecule has 2 aliphatic rings. The Morgan fingerprint density at radius 2 is 2.26 bits per heavy atom. The Hall–Kier alpha value is -1.54. The van der Waals surface area contributed by atoms with Crippen LogP contribution in [0.4, 0.5) is 10.7 Å². The molecule has 2 fully saturated rings. The fraction of sp³-hybridized carbons (Fsp3) is 0.571. The van der Waals surface area contributed by atoms with Crippen LogP contribution in [-0.2, 0) is 0 Å². The summed E-state index contributed by atoms with van der Waals surface area (Å²) in [6.45, 7) is 2.39. The molecule has 19 heavy (non-hydrogen) atoms. The van der Waals surface area contributed by atoms with Crippen molar-refractivity contribution in [1.29, 1.82) is 5.26 Å². The van der Waals surface area contributed by atoms with Gasteiger partial charge in [0.25, 0.3) is 0 Å². The summed E-state index contributed by atoms with van der Waals surface area (Å²) in [4.78, 5) is 12.0. The van der Waals surface area contributed by atoms with Gasteiger partial charge >= 0.3 is 0 Å². The summed E-state index contributed by atoms with van der Waals surface area (Å²) < 4.78 is 0. The highest BCUT2D eigenvalue weighted by Gasteiger charge is 2.53. The third-order valence-corrected chi connectivity index (χ3v) is 5.58. The zero-order valence-corrected chi connectivity index (χ0v) is 11.8. The molecule has 1 aromatic rings. The minimum absolute atomic E-state index is 0.0737. The van der Waals surface area contributed by atoms with Gasteiger partial charge in [-0.25, -0.2) is 0 Å². The Labute approximate surface area is 116 Å². The van der Waals surface area contributed by atoms with Crippen LogP contribution in [-0.4, -0.2) is 12.3 Å². The second-order valence-electron chi connectivity index (χ2n) is 5.71. The molecule has 0 atom stereocenters. The Bertz CT molecular complexity index is 576. The van der Waals surface area contributed by atoms with Crippen LogP contribution in [0.15, 0.2) is 0 Å².